The molecule has 1 saturated heterocycles. The fourth-order valence-corrected chi connectivity index (χ4v) is 3.52. The molecule has 7 heteroatoms. The Bertz CT molecular complexity index is 882. The fraction of sp³-hybridized carbons (Fsp3) is 0.409. The largest absolute Gasteiger partial charge is 0.454 e. The number of rotatable bonds is 6. The highest BCUT2D eigenvalue weighted by molar-refractivity contribution is 5.91. The first-order valence-corrected chi connectivity index (χ1v) is 9.74. The SMILES string of the molecule is C[C@H]1CN(C(=O)COC(=O)CNC(=O)Cc2cccc3ccccc23)C[C@H](C)O1. The van der Waals surface area contributed by atoms with Gasteiger partial charge in [-0.05, 0) is 30.2 Å². The molecule has 0 saturated carbocycles. The van der Waals surface area contributed by atoms with Gasteiger partial charge >= 0.3 is 5.97 Å². The van der Waals surface area contributed by atoms with E-state index in [4.69, 9.17) is 9.47 Å². The highest BCUT2D eigenvalue weighted by atomic mass is 16.5. The lowest BCUT2D eigenvalue weighted by Crippen LogP contribution is -2.49. The molecule has 0 aliphatic carbocycles. The van der Waals surface area contributed by atoms with E-state index in [1.807, 2.05) is 56.3 Å². The van der Waals surface area contributed by atoms with Crippen molar-refractivity contribution in [1.82, 2.24) is 10.2 Å². The molecule has 1 heterocycles. The first-order chi connectivity index (χ1) is 13.9. The van der Waals surface area contributed by atoms with Gasteiger partial charge < -0.3 is 19.7 Å². The smallest absolute Gasteiger partial charge is 0.325 e. The third kappa shape index (κ3) is 5.77. The second-order valence-corrected chi connectivity index (χ2v) is 7.31. The number of fused-ring (bicyclic) bond motifs is 1. The molecule has 3 rings (SSSR count). The number of hydrogen-bond acceptors (Lipinski definition) is 5. The minimum absolute atomic E-state index is 0.0493. The second-order valence-electron chi connectivity index (χ2n) is 7.31. The van der Waals surface area contributed by atoms with Crippen molar-refractivity contribution in [2.45, 2.75) is 32.5 Å². The standard InChI is InChI=1S/C22H26N2O5/c1-15-12-24(13-16(2)29-15)21(26)14-28-22(27)11-23-20(25)10-18-8-5-7-17-6-3-4-9-19(17)18/h3-9,15-16H,10-14H2,1-2H3,(H,23,25)/t15-,16-/m0/s1. The maximum atomic E-state index is 12.2. The first kappa shape index (κ1) is 20.8. The van der Waals surface area contributed by atoms with Gasteiger partial charge in [-0.25, -0.2) is 0 Å². The summed E-state index contributed by atoms with van der Waals surface area (Å²) in [6.07, 6.45) is 0.0652. The Labute approximate surface area is 170 Å². The van der Waals surface area contributed by atoms with Crippen LogP contribution in [0.25, 0.3) is 10.8 Å². The van der Waals surface area contributed by atoms with E-state index in [2.05, 4.69) is 5.32 Å². The first-order valence-electron chi connectivity index (χ1n) is 9.74. The Morgan fingerprint density at radius 3 is 2.52 bits per heavy atom. The molecule has 1 aliphatic heterocycles. The van der Waals surface area contributed by atoms with E-state index in [0.29, 0.717) is 13.1 Å². The normalized spacial score (nSPS) is 19.0. The molecule has 2 aromatic carbocycles. The maximum Gasteiger partial charge on any atom is 0.325 e. The minimum atomic E-state index is -0.640. The fourth-order valence-electron chi connectivity index (χ4n) is 3.52. The van der Waals surface area contributed by atoms with Gasteiger partial charge in [0, 0.05) is 13.1 Å². The summed E-state index contributed by atoms with van der Waals surface area (Å²) in [4.78, 5) is 37.9. The number of hydrogen-bond donors (Lipinski definition) is 1. The van der Waals surface area contributed by atoms with Gasteiger partial charge in [-0.2, -0.15) is 0 Å². The predicted octanol–water partition coefficient (Wildman–Crippen LogP) is 1.68. The number of esters is 1. The minimum Gasteiger partial charge on any atom is -0.454 e. The monoisotopic (exact) mass is 398 g/mol. The molecule has 2 aromatic rings. The van der Waals surface area contributed by atoms with E-state index < -0.39 is 5.97 Å². The van der Waals surface area contributed by atoms with Crippen LogP contribution in [0.2, 0.25) is 0 Å². The average molecular weight is 398 g/mol. The van der Waals surface area contributed by atoms with Gasteiger partial charge in [-0.1, -0.05) is 42.5 Å². The van der Waals surface area contributed by atoms with Gasteiger partial charge in [0.2, 0.25) is 5.91 Å². The number of carbonyl (C=O) groups is 3. The van der Waals surface area contributed by atoms with E-state index in [9.17, 15) is 14.4 Å². The van der Waals surface area contributed by atoms with Crippen molar-refractivity contribution in [3.05, 3.63) is 48.0 Å². The summed E-state index contributed by atoms with van der Waals surface area (Å²) in [5, 5.41) is 4.62. The van der Waals surface area contributed by atoms with Crippen molar-refractivity contribution in [3.8, 4) is 0 Å². The molecule has 29 heavy (non-hydrogen) atoms. The summed E-state index contributed by atoms with van der Waals surface area (Å²) >= 11 is 0. The van der Waals surface area contributed by atoms with Gasteiger partial charge in [-0.3, -0.25) is 14.4 Å². The van der Waals surface area contributed by atoms with Crippen molar-refractivity contribution in [2.24, 2.45) is 0 Å². The lowest BCUT2D eigenvalue weighted by atomic mass is 10.0. The molecule has 2 amide bonds. The number of benzene rings is 2. The maximum absolute atomic E-state index is 12.2. The van der Waals surface area contributed by atoms with Gasteiger partial charge in [0.25, 0.3) is 5.91 Å². The number of nitrogens with one attached hydrogen (secondary N) is 1. The molecular weight excluding hydrogens is 372 g/mol. The molecule has 154 valence electrons. The third-order valence-electron chi connectivity index (χ3n) is 4.79. The van der Waals surface area contributed by atoms with E-state index in [1.54, 1.807) is 4.90 Å². The Hall–Kier alpha value is -2.93. The third-order valence-corrected chi connectivity index (χ3v) is 4.79. The van der Waals surface area contributed by atoms with E-state index >= 15 is 0 Å². The molecule has 0 spiro atoms. The average Bonchev–Trinajstić information content (AvgIpc) is 2.70. The lowest BCUT2D eigenvalue weighted by molar-refractivity contribution is -0.156. The van der Waals surface area contributed by atoms with Crippen LogP contribution in [0.1, 0.15) is 19.4 Å². The molecule has 1 fully saturated rings. The summed E-state index contributed by atoms with van der Waals surface area (Å²) in [6.45, 7) is 4.14. The van der Waals surface area contributed by atoms with Crippen molar-refractivity contribution >= 4 is 28.6 Å². The molecule has 0 bridgehead atoms. The zero-order chi connectivity index (χ0) is 20.8. The summed E-state index contributed by atoms with van der Waals surface area (Å²) in [5.41, 5.74) is 0.889. The number of ether oxygens (including phenoxy) is 2. The van der Waals surface area contributed by atoms with E-state index in [1.165, 1.54) is 0 Å². The van der Waals surface area contributed by atoms with Crippen LogP contribution in [0.15, 0.2) is 42.5 Å². The zero-order valence-electron chi connectivity index (χ0n) is 16.7. The Morgan fingerprint density at radius 2 is 1.76 bits per heavy atom. The van der Waals surface area contributed by atoms with Gasteiger partial charge in [0.1, 0.15) is 6.54 Å². The van der Waals surface area contributed by atoms with Gasteiger partial charge in [0.15, 0.2) is 6.61 Å². The van der Waals surface area contributed by atoms with Crippen LogP contribution in [-0.2, 0) is 30.3 Å². The van der Waals surface area contributed by atoms with Crippen LogP contribution in [0, 0.1) is 0 Å². The summed E-state index contributed by atoms with van der Waals surface area (Å²) in [5.74, 6) is -1.18. The van der Waals surface area contributed by atoms with Crippen molar-refractivity contribution < 1.29 is 23.9 Å². The number of carbonyl (C=O) groups excluding carboxylic acids is 3. The predicted molar refractivity (Wildman–Crippen MR) is 108 cm³/mol. The highest BCUT2D eigenvalue weighted by Crippen LogP contribution is 2.18. The van der Waals surface area contributed by atoms with Crippen LogP contribution in [0.4, 0.5) is 0 Å². The molecule has 0 radical (unpaired) electrons. The van der Waals surface area contributed by atoms with Crippen molar-refractivity contribution in [2.75, 3.05) is 26.2 Å². The van der Waals surface area contributed by atoms with Crippen LogP contribution < -0.4 is 5.32 Å². The second kappa shape index (κ2) is 9.52. The quantitative estimate of drug-likeness (QED) is 0.749. The van der Waals surface area contributed by atoms with E-state index in [0.717, 1.165) is 16.3 Å². The van der Waals surface area contributed by atoms with Crippen molar-refractivity contribution in [3.63, 3.8) is 0 Å². The van der Waals surface area contributed by atoms with Gasteiger partial charge in [-0.15, -0.1) is 0 Å². The zero-order valence-corrected chi connectivity index (χ0v) is 16.7. The van der Waals surface area contributed by atoms with Crippen LogP contribution >= 0.6 is 0 Å². The van der Waals surface area contributed by atoms with E-state index in [-0.39, 0.29) is 43.6 Å². The Morgan fingerprint density at radius 1 is 1.07 bits per heavy atom. The Balaban J connectivity index is 1.43. The van der Waals surface area contributed by atoms with Gasteiger partial charge in [0.05, 0.1) is 18.6 Å². The van der Waals surface area contributed by atoms with Crippen LogP contribution in [0.3, 0.4) is 0 Å². The molecule has 0 unspecified atom stereocenters. The molecule has 0 aromatic heterocycles. The highest BCUT2D eigenvalue weighted by Gasteiger charge is 2.26. The summed E-state index contributed by atoms with van der Waals surface area (Å²) in [7, 11) is 0. The van der Waals surface area contributed by atoms with Crippen LogP contribution in [0.5, 0.6) is 0 Å². The number of nitrogens with zero attached hydrogens (tertiary/aromatic N) is 1. The topological polar surface area (TPSA) is 84.9 Å². The molecule has 1 N–H and O–H groups in total. The summed E-state index contributed by atoms with van der Waals surface area (Å²) in [6, 6.07) is 13.6. The number of morpholine rings is 1. The summed E-state index contributed by atoms with van der Waals surface area (Å²) < 4.78 is 10.6. The van der Waals surface area contributed by atoms with Crippen LogP contribution in [-0.4, -0.2) is 61.1 Å². The molecule has 7 nitrogen and oxygen atoms in total. The number of amides is 2. The lowest BCUT2D eigenvalue weighted by Gasteiger charge is -2.35. The molecule has 1 aliphatic rings. The molecule has 2 atom stereocenters. The molecular formula is C22H26N2O5. The van der Waals surface area contributed by atoms with Crippen molar-refractivity contribution in [1.29, 1.82) is 0 Å². The Kier molecular flexibility index (Phi) is 6.82.